The molecule has 6 heteroatoms. The van der Waals surface area contributed by atoms with Gasteiger partial charge in [0.1, 0.15) is 0 Å². The normalized spacial score (nSPS) is 14.0. The van der Waals surface area contributed by atoms with Crippen LogP contribution in [-0.4, -0.2) is 32.4 Å². The van der Waals surface area contributed by atoms with E-state index in [2.05, 4.69) is 0 Å². The molecule has 0 spiro atoms. The molecule has 0 aromatic carbocycles. The van der Waals surface area contributed by atoms with Crippen LogP contribution in [0.2, 0.25) is 0 Å². The highest BCUT2D eigenvalue weighted by Crippen LogP contribution is 2.10. The van der Waals surface area contributed by atoms with Gasteiger partial charge in [-0.2, -0.15) is 0 Å². The number of hydrogen-bond acceptors (Lipinski definition) is 3. The van der Waals surface area contributed by atoms with Crippen molar-refractivity contribution < 1.29 is 18.3 Å². The third-order valence-corrected chi connectivity index (χ3v) is 2.06. The first-order chi connectivity index (χ1) is 5.24. The number of amides is 1. The van der Waals surface area contributed by atoms with E-state index < -0.39 is 23.0 Å². The van der Waals surface area contributed by atoms with E-state index in [0.717, 1.165) is 0 Å². The van der Waals surface area contributed by atoms with Crippen molar-refractivity contribution in [2.24, 2.45) is 0 Å². The Morgan fingerprint density at radius 1 is 1.50 bits per heavy atom. The second kappa shape index (κ2) is 3.86. The maximum atomic E-state index is 11.0. The first-order valence-corrected chi connectivity index (χ1v) is 4.35. The van der Waals surface area contributed by atoms with Gasteiger partial charge in [-0.25, -0.2) is 13.3 Å². The smallest absolute Gasteiger partial charge is 0.420 e. The summed E-state index contributed by atoms with van der Waals surface area (Å²) in [7, 11) is 1.18. The van der Waals surface area contributed by atoms with Gasteiger partial charge in [-0.1, -0.05) is 0 Å². The Morgan fingerprint density at radius 2 is 1.92 bits per heavy atom. The fourth-order valence-electron chi connectivity index (χ4n) is 0.334. The van der Waals surface area contributed by atoms with Crippen molar-refractivity contribution in [3.63, 3.8) is 0 Å². The van der Waals surface area contributed by atoms with E-state index in [1.54, 1.807) is 20.8 Å². The van der Waals surface area contributed by atoms with Crippen molar-refractivity contribution >= 4 is 17.4 Å². The lowest BCUT2D eigenvalue weighted by molar-refractivity contribution is 0.134. The molecule has 0 fully saturated rings. The van der Waals surface area contributed by atoms with Crippen LogP contribution in [0, 0.1) is 0 Å². The van der Waals surface area contributed by atoms with E-state index >= 15 is 0 Å². The van der Waals surface area contributed by atoms with Crippen LogP contribution in [0.3, 0.4) is 0 Å². The fourth-order valence-corrected chi connectivity index (χ4v) is 1.00. The zero-order chi connectivity index (χ0) is 9.94. The van der Waals surface area contributed by atoms with Gasteiger partial charge in [0.2, 0.25) is 0 Å². The predicted molar refractivity (Wildman–Crippen MR) is 44.8 cm³/mol. The highest BCUT2D eigenvalue weighted by Gasteiger charge is 2.21. The van der Waals surface area contributed by atoms with Crippen molar-refractivity contribution in [1.82, 2.24) is 4.31 Å². The lowest BCUT2D eigenvalue weighted by Gasteiger charge is -2.20. The Kier molecular flexibility index (Phi) is 3.66. The summed E-state index contributed by atoms with van der Waals surface area (Å²) < 4.78 is 16.5. The van der Waals surface area contributed by atoms with Gasteiger partial charge in [0, 0.05) is 7.05 Å². The summed E-state index contributed by atoms with van der Waals surface area (Å²) in [6, 6.07) is 0. The first kappa shape index (κ1) is 11.4. The highest BCUT2D eigenvalue weighted by atomic mass is 32.2. The summed E-state index contributed by atoms with van der Waals surface area (Å²) >= 11 is -1.93. The van der Waals surface area contributed by atoms with Gasteiger partial charge in [-0.15, -0.1) is 0 Å². The van der Waals surface area contributed by atoms with Gasteiger partial charge >= 0.3 is 6.09 Å². The monoisotopic (exact) mass is 195 g/mol. The Hall–Kier alpha value is -0.620. The lowest BCUT2D eigenvalue weighted by Crippen LogP contribution is -2.33. The minimum Gasteiger partial charge on any atom is -0.464 e. The number of hydrogen-bond donors (Lipinski definition) is 1. The molecule has 5 nitrogen and oxygen atoms in total. The predicted octanol–water partition coefficient (Wildman–Crippen LogP) is 0.990. The molecule has 1 amide bonds. The maximum absolute atomic E-state index is 11.0. The Morgan fingerprint density at radius 3 is 2.17 bits per heavy atom. The van der Waals surface area contributed by atoms with Crippen molar-refractivity contribution in [3.05, 3.63) is 0 Å². The van der Waals surface area contributed by atoms with E-state index in [1.807, 2.05) is 0 Å². The van der Waals surface area contributed by atoms with E-state index in [-0.39, 0.29) is 0 Å². The van der Waals surface area contributed by atoms with Gasteiger partial charge in [0.25, 0.3) is 11.3 Å². The third-order valence-electron chi connectivity index (χ3n) is 0.814. The van der Waals surface area contributed by atoms with Gasteiger partial charge in [0.05, 0.1) is 5.60 Å². The molecule has 0 heterocycles. The number of rotatable bonds is 2. The summed E-state index contributed by atoms with van der Waals surface area (Å²) in [5.74, 6) is 0. The maximum Gasteiger partial charge on any atom is 0.420 e. The molecule has 0 aliphatic heterocycles. The van der Waals surface area contributed by atoms with Gasteiger partial charge < -0.3 is 5.11 Å². The molecule has 0 aromatic rings. The first-order valence-electron chi connectivity index (χ1n) is 3.32. The molecular formula is C6H13NO4S. The van der Waals surface area contributed by atoms with Crippen LogP contribution < -0.4 is 0 Å². The average molecular weight is 195 g/mol. The molecule has 0 saturated heterocycles. The molecule has 72 valence electrons. The van der Waals surface area contributed by atoms with Crippen LogP contribution in [0.4, 0.5) is 4.79 Å². The molecule has 0 bridgehead atoms. The summed E-state index contributed by atoms with van der Waals surface area (Å²) in [6.07, 6.45) is -1.28. The quantitative estimate of drug-likeness (QED) is 0.713. The van der Waals surface area contributed by atoms with Crippen LogP contribution >= 0.6 is 0 Å². The molecule has 1 atom stereocenters. The summed E-state index contributed by atoms with van der Waals surface area (Å²) in [5.41, 5.74) is -0.616. The molecule has 0 aliphatic rings. The summed E-state index contributed by atoms with van der Waals surface area (Å²) in [4.78, 5) is 10.3. The van der Waals surface area contributed by atoms with Crippen molar-refractivity contribution in [2.75, 3.05) is 7.05 Å². The average Bonchev–Trinajstić information content (AvgIpc) is 1.82. The van der Waals surface area contributed by atoms with Crippen molar-refractivity contribution in [2.45, 2.75) is 26.4 Å². The molecular weight excluding hydrogens is 182 g/mol. The second-order valence-corrected chi connectivity index (χ2v) is 4.34. The molecule has 12 heavy (non-hydrogen) atoms. The second-order valence-electron chi connectivity index (χ2n) is 3.19. The van der Waals surface area contributed by atoms with E-state index in [0.29, 0.717) is 4.31 Å². The van der Waals surface area contributed by atoms with Crippen LogP contribution in [0.15, 0.2) is 0 Å². The van der Waals surface area contributed by atoms with E-state index in [9.17, 15) is 9.00 Å². The molecule has 0 aliphatic carbocycles. The molecule has 1 unspecified atom stereocenters. The summed E-state index contributed by atoms with van der Waals surface area (Å²) in [6.45, 7) is 5.09. The minimum atomic E-state index is -1.93. The third kappa shape index (κ3) is 4.30. The standard InChI is InChI=1S/C6H13NO4S/c1-6(2,3)11-12(10)7(4)5(8)9/h1-4H3,(H,8,9). The molecule has 0 aromatic heterocycles. The number of carbonyl (C=O) groups is 1. The van der Waals surface area contributed by atoms with Crippen LogP contribution in [0.1, 0.15) is 20.8 Å². The van der Waals surface area contributed by atoms with Gasteiger partial charge in [0.15, 0.2) is 0 Å². The molecule has 0 rings (SSSR count). The van der Waals surface area contributed by atoms with Gasteiger partial charge in [-0.3, -0.25) is 4.18 Å². The zero-order valence-electron chi connectivity index (χ0n) is 7.53. The van der Waals surface area contributed by atoms with Crippen LogP contribution in [0.5, 0.6) is 0 Å². The Balaban J connectivity index is 4.15. The summed E-state index contributed by atoms with van der Waals surface area (Å²) in [5, 5.41) is 8.40. The fraction of sp³-hybridized carbons (Fsp3) is 0.833. The van der Waals surface area contributed by atoms with E-state index in [1.165, 1.54) is 7.05 Å². The Labute approximate surface area is 74.1 Å². The number of nitrogens with zero attached hydrogens (tertiary/aromatic N) is 1. The molecule has 0 radical (unpaired) electrons. The number of carboxylic acid groups (broad SMARTS) is 1. The van der Waals surface area contributed by atoms with Crippen molar-refractivity contribution in [3.8, 4) is 0 Å². The molecule has 0 saturated carbocycles. The van der Waals surface area contributed by atoms with Crippen molar-refractivity contribution in [1.29, 1.82) is 0 Å². The van der Waals surface area contributed by atoms with E-state index in [4.69, 9.17) is 9.29 Å². The van der Waals surface area contributed by atoms with Gasteiger partial charge in [-0.05, 0) is 20.8 Å². The zero-order valence-corrected chi connectivity index (χ0v) is 8.34. The largest absolute Gasteiger partial charge is 0.464 e. The highest BCUT2D eigenvalue weighted by molar-refractivity contribution is 7.78. The van der Waals surface area contributed by atoms with Crippen LogP contribution in [0.25, 0.3) is 0 Å². The van der Waals surface area contributed by atoms with Crippen LogP contribution in [-0.2, 0) is 15.4 Å². The minimum absolute atomic E-state index is 0.602. The molecule has 1 N–H and O–H groups in total. The SMILES string of the molecule is CN(C(=O)O)S(=O)OC(C)(C)C. The Bertz CT molecular complexity index is 198. The topological polar surface area (TPSA) is 66.8 Å². The lowest BCUT2D eigenvalue weighted by atomic mass is 10.2.